The van der Waals surface area contributed by atoms with Crippen LogP contribution in [0.2, 0.25) is 0 Å². The zero-order valence-corrected chi connectivity index (χ0v) is 13.2. The van der Waals surface area contributed by atoms with E-state index in [0.29, 0.717) is 19.1 Å². The van der Waals surface area contributed by atoms with E-state index in [1.54, 1.807) is 0 Å². The molecule has 1 aliphatic heterocycles. The predicted octanol–water partition coefficient (Wildman–Crippen LogP) is 1.14. The molecular weight excluding hydrogens is 288 g/mol. The Morgan fingerprint density at radius 3 is 2.60 bits per heavy atom. The van der Waals surface area contributed by atoms with Gasteiger partial charge in [-0.2, -0.15) is 17.0 Å². The second-order valence-electron chi connectivity index (χ2n) is 5.61. The van der Waals surface area contributed by atoms with Gasteiger partial charge < -0.3 is 5.32 Å². The van der Waals surface area contributed by atoms with Crippen molar-refractivity contribution in [3.8, 4) is 0 Å². The highest BCUT2D eigenvalue weighted by Crippen LogP contribution is 2.20. The molecule has 1 atom stereocenters. The summed E-state index contributed by atoms with van der Waals surface area (Å²) in [6.45, 7) is 4.88. The molecule has 0 radical (unpaired) electrons. The van der Waals surface area contributed by atoms with E-state index in [9.17, 15) is 17.2 Å². The van der Waals surface area contributed by atoms with Crippen LogP contribution in [0.4, 0.5) is 8.78 Å². The molecule has 0 amide bonds. The lowest BCUT2D eigenvalue weighted by atomic mass is 9.99. The van der Waals surface area contributed by atoms with Crippen LogP contribution in [0.15, 0.2) is 0 Å². The molecule has 8 heteroatoms. The molecular formula is C12H25F2N3O2S. The van der Waals surface area contributed by atoms with Gasteiger partial charge in [0.25, 0.3) is 16.6 Å². The third-order valence-electron chi connectivity index (χ3n) is 3.41. The molecule has 0 aromatic heterocycles. The fourth-order valence-electron chi connectivity index (χ4n) is 2.29. The molecule has 20 heavy (non-hydrogen) atoms. The number of rotatable bonds is 7. The molecule has 1 unspecified atom stereocenters. The molecule has 120 valence electrons. The number of nitrogens with one attached hydrogen (secondary N) is 1. The maximum atomic E-state index is 12.3. The van der Waals surface area contributed by atoms with Crippen molar-refractivity contribution in [1.82, 2.24) is 13.9 Å². The zero-order chi connectivity index (χ0) is 15.3. The van der Waals surface area contributed by atoms with Gasteiger partial charge >= 0.3 is 0 Å². The Balaban J connectivity index is 2.61. The largest absolute Gasteiger partial charge is 0.314 e. The van der Waals surface area contributed by atoms with Crippen molar-refractivity contribution >= 4 is 10.2 Å². The van der Waals surface area contributed by atoms with Crippen LogP contribution >= 0.6 is 0 Å². The van der Waals surface area contributed by atoms with Gasteiger partial charge in [0, 0.05) is 26.2 Å². The Bertz CT molecular complexity index is 390. The Hall–Kier alpha value is -0.310. The summed E-state index contributed by atoms with van der Waals surface area (Å²) in [4.78, 5) is 0. The minimum atomic E-state index is -3.77. The van der Waals surface area contributed by atoms with Gasteiger partial charge in [-0.05, 0) is 25.3 Å². The van der Waals surface area contributed by atoms with Crippen LogP contribution in [0, 0.1) is 5.92 Å². The molecule has 0 aromatic carbocycles. The van der Waals surface area contributed by atoms with E-state index < -0.39 is 23.2 Å². The van der Waals surface area contributed by atoms with Crippen LogP contribution in [-0.2, 0) is 10.2 Å². The van der Waals surface area contributed by atoms with E-state index in [-0.39, 0.29) is 5.92 Å². The van der Waals surface area contributed by atoms with Crippen molar-refractivity contribution < 1.29 is 17.2 Å². The highest BCUT2D eigenvalue weighted by molar-refractivity contribution is 7.86. The topological polar surface area (TPSA) is 52.7 Å². The zero-order valence-electron chi connectivity index (χ0n) is 12.3. The first kappa shape index (κ1) is 17.7. The fraction of sp³-hybridized carbons (Fsp3) is 1.00. The number of halogens is 2. The highest BCUT2D eigenvalue weighted by atomic mass is 32.2. The second-order valence-corrected chi connectivity index (χ2v) is 7.64. The first-order chi connectivity index (χ1) is 9.23. The van der Waals surface area contributed by atoms with Gasteiger partial charge in [0.15, 0.2) is 0 Å². The summed E-state index contributed by atoms with van der Waals surface area (Å²) in [5.74, 6) is 0.237. The summed E-state index contributed by atoms with van der Waals surface area (Å²) in [5.41, 5.74) is 0. The molecule has 1 fully saturated rings. The Morgan fingerprint density at radius 1 is 1.40 bits per heavy atom. The maximum absolute atomic E-state index is 12.3. The number of alkyl halides is 2. The highest BCUT2D eigenvalue weighted by Gasteiger charge is 2.32. The Kier molecular flexibility index (Phi) is 6.77. The molecule has 0 saturated carbocycles. The van der Waals surface area contributed by atoms with Gasteiger partial charge in [-0.3, -0.25) is 0 Å². The average Bonchev–Trinajstić information content (AvgIpc) is 2.35. The number of hydrogen-bond acceptors (Lipinski definition) is 3. The fourth-order valence-corrected chi connectivity index (χ4v) is 3.75. The van der Waals surface area contributed by atoms with E-state index in [1.165, 1.54) is 11.4 Å². The van der Waals surface area contributed by atoms with Crippen LogP contribution in [0.3, 0.4) is 0 Å². The molecule has 0 aromatic rings. The number of nitrogens with zero attached hydrogens (tertiary/aromatic N) is 2. The predicted molar refractivity (Wildman–Crippen MR) is 75.0 cm³/mol. The van der Waals surface area contributed by atoms with Crippen molar-refractivity contribution in [3.05, 3.63) is 0 Å². The molecule has 1 aliphatic rings. The summed E-state index contributed by atoms with van der Waals surface area (Å²) in [7, 11) is -2.56. The van der Waals surface area contributed by atoms with E-state index in [1.807, 2.05) is 13.8 Å². The Morgan fingerprint density at radius 2 is 2.05 bits per heavy atom. The van der Waals surface area contributed by atoms with Crippen molar-refractivity contribution in [1.29, 1.82) is 0 Å². The van der Waals surface area contributed by atoms with Crippen LogP contribution in [0.5, 0.6) is 0 Å². The summed E-state index contributed by atoms with van der Waals surface area (Å²) < 4.78 is 51.1. The summed E-state index contributed by atoms with van der Waals surface area (Å²) >= 11 is 0. The molecule has 1 heterocycles. The van der Waals surface area contributed by atoms with Gasteiger partial charge in [-0.1, -0.05) is 13.8 Å². The summed E-state index contributed by atoms with van der Waals surface area (Å²) in [6.07, 6.45) is -0.922. The molecule has 0 bridgehead atoms. The number of piperidine rings is 1. The smallest absolute Gasteiger partial charge is 0.281 e. The molecule has 1 N–H and O–H groups in total. The molecule has 0 spiro atoms. The van der Waals surface area contributed by atoms with E-state index in [0.717, 1.165) is 23.7 Å². The van der Waals surface area contributed by atoms with Gasteiger partial charge in [-0.25, -0.2) is 8.78 Å². The minimum Gasteiger partial charge on any atom is -0.314 e. The van der Waals surface area contributed by atoms with Crippen LogP contribution in [0.25, 0.3) is 0 Å². The SMILES string of the molecule is CC(C)NCC1CCCN(S(=O)(=O)N(C)CC(F)F)C1. The van der Waals surface area contributed by atoms with Crippen molar-refractivity contribution in [3.63, 3.8) is 0 Å². The lowest BCUT2D eigenvalue weighted by Crippen LogP contribution is -2.49. The molecule has 1 rings (SSSR count). The normalized spacial score (nSPS) is 22.1. The van der Waals surface area contributed by atoms with Crippen LogP contribution < -0.4 is 5.32 Å². The third-order valence-corrected chi connectivity index (χ3v) is 5.33. The quantitative estimate of drug-likeness (QED) is 0.767. The maximum Gasteiger partial charge on any atom is 0.281 e. The van der Waals surface area contributed by atoms with E-state index in [4.69, 9.17) is 0 Å². The monoisotopic (exact) mass is 313 g/mol. The van der Waals surface area contributed by atoms with Gasteiger partial charge in [-0.15, -0.1) is 0 Å². The standard InChI is InChI=1S/C12H25F2N3O2S/c1-10(2)15-7-11-5-4-6-17(8-11)20(18,19)16(3)9-12(13)14/h10-12,15H,4-9H2,1-3H3. The third kappa shape index (κ3) is 5.23. The average molecular weight is 313 g/mol. The lowest BCUT2D eigenvalue weighted by Gasteiger charge is -2.34. The van der Waals surface area contributed by atoms with Crippen LogP contribution in [0.1, 0.15) is 26.7 Å². The van der Waals surface area contributed by atoms with Crippen molar-refractivity contribution in [2.24, 2.45) is 5.92 Å². The number of hydrogen-bond donors (Lipinski definition) is 1. The lowest BCUT2D eigenvalue weighted by molar-refractivity contribution is 0.122. The summed E-state index contributed by atoms with van der Waals surface area (Å²) in [6, 6.07) is 0.350. The molecule has 0 aliphatic carbocycles. The van der Waals surface area contributed by atoms with E-state index in [2.05, 4.69) is 5.32 Å². The van der Waals surface area contributed by atoms with E-state index >= 15 is 0 Å². The first-order valence-corrected chi connectivity index (χ1v) is 8.36. The van der Waals surface area contributed by atoms with Crippen molar-refractivity contribution in [2.45, 2.75) is 39.2 Å². The summed E-state index contributed by atoms with van der Waals surface area (Å²) in [5, 5.41) is 3.29. The second kappa shape index (κ2) is 7.63. The Labute approximate surface area is 120 Å². The molecule has 1 saturated heterocycles. The van der Waals surface area contributed by atoms with Gasteiger partial charge in [0.2, 0.25) is 0 Å². The first-order valence-electron chi connectivity index (χ1n) is 6.96. The molecule has 5 nitrogen and oxygen atoms in total. The van der Waals surface area contributed by atoms with Crippen molar-refractivity contribution in [2.75, 3.05) is 33.2 Å². The van der Waals surface area contributed by atoms with Gasteiger partial charge in [0.05, 0.1) is 6.54 Å². The van der Waals surface area contributed by atoms with Crippen LogP contribution in [-0.4, -0.2) is 62.7 Å². The minimum absolute atomic E-state index is 0.237. The van der Waals surface area contributed by atoms with Gasteiger partial charge in [0.1, 0.15) is 0 Å².